The van der Waals surface area contributed by atoms with Gasteiger partial charge in [0.05, 0.1) is 0 Å². The molecule has 2 aromatic carbocycles. The van der Waals surface area contributed by atoms with Crippen molar-refractivity contribution in [1.29, 1.82) is 0 Å². The normalized spacial score (nSPS) is 16.5. The molecule has 0 aromatic heterocycles. The second-order valence-electron chi connectivity index (χ2n) is 7.70. The molecule has 0 radical (unpaired) electrons. The lowest BCUT2D eigenvalue weighted by atomic mass is 10.0. The van der Waals surface area contributed by atoms with Crippen LogP contribution in [0.15, 0.2) is 42.5 Å². The molecule has 2 aliphatic rings. The zero-order valence-electron chi connectivity index (χ0n) is 17.0. The number of fused-ring (bicyclic) bond motifs is 1. The number of hydrogen-bond donors (Lipinski definition) is 2. The van der Waals surface area contributed by atoms with Gasteiger partial charge >= 0.3 is 12.0 Å². The van der Waals surface area contributed by atoms with Crippen molar-refractivity contribution in [3.05, 3.63) is 59.2 Å². The van der Waals surface area contributed by atoms with Crippen molar-refractivity contribution in [3.63, 3.8) is 0 Å². The molecular weight excluding hydrogens is 402 g/mol. The average molecular weight is 430 g/mol. The van der Waals surface area contributed by atoms with Gasteiger partial charge in [0.1, 0.15) is 0 Å². The van der Waals surface area contributed by atoms with Gasteiger partial charge in [-0.1, -0.05) is 18.2 Å². The van der Waals surface area contributed by atoms with Gasteiger partial charge in [-0.25, -0.2) is 4.79 Å². The highest BCUT2D eigenvalue weighted by molar-refractivity contribution is 6.04. The zero-order valence-corrected chi connectivity index (χ0v) is 17.8. The highest BCUT2D eigenvalue weighted by Gasteiger charge is 2.28. The van der Waals surface area contributed by atoms with E-state index in [1.54, 1.807) is 0 Å². The largest absolute Gasteiger partial charge is 0.481 e. The monoisotopic (exact) mass is 429 g/mol. The van der Waals surface area contributed by atoms with Crippen LogP contribution in [0.3, 0.4) is 0 Å². The highest BCUT2D eigenvalue weighted by atomic mass is 35.5. The molecule has 0 bridgehead atoms. The van der Waals surface area contributed by atoms with Crippen LogP contribution >= 0.6 is 12.4 Å². The van der Waals surface area contributed by atoms with Crippen LogP contribution in [0, 0.1) is 0 Å². The molecule has 0 saturated carbocycles. The number of aryl methyl sites for hydroxylation is 1. The third kappa shape index (κ3) is 4.94. The summed E-state index contributed by atoms with van der Waals surface area (Å²) in [4.78, 5) is 27.7. The van der Waals surface area contributed by atoms with Gasteiger partial charge in [-0.3, -0.25) is 14.6 Å². The summed E-state index contributed by atoms with van der Waals surface area (Å²) in [6.07, 6.45) is 3.55. The molecule has 2 amide bonds. The number of nitrogens with zero attached hydrogens (tertiary/aromatic N) is 2. The Bertz CT molecular complexity index is 901. The summed E-state index contributed by atoms with van der Waals surface area (Å²) in [5.74, 6) is -0.799. The van der Waals surface area contributed by atoms with E-state index in [4.69, 9.17) is 5.11 Å². The minimum absolute atomic E-state index is 0. The Balaban J connectivity index is 0.00000256. The Morgan fingerprint density at radius 3 is 2.27 bits per heavy atom. The molecule has 6 nitrogen and oxygen atoms in total. The highest BCUT2D eigenvalue weighted by Crippen LogP contribution is 2.27. The minimum atomic E-state index is -0.799. The first-order valence-corrected chi connectivity index (χ1v) is 10.3. The van der Waals surface area contributed by atoms with Crippen molar-refractivity contribution in [3.8, 4) is 0 Å². The number of carboxylic acids is 1. The van der Waals surface area contributed by atoms with Crippen LogP contribution in [-0.2, 0) is 24.1 Å². The fourth-order valence-electron chi connectivity index (χ4n) is 4.12. The lowest BCUT2D eigenvalue weighted by Gasteiger charge is -2.36. The van der Waals surface area contributed by atoms with Crippen LogP contribution in [0.2, 0.25) is 0 Å². The number of anilines is 2. The van der Waals surface area contributed by atoms with Crippen LogP contribution in [0.1, 0.15) is 29.5 Å². The molecule has 0 aliphatic carbocycles. The molecule has 4 rings (SSSR count). The van der Waals surface area contributed by atoms with Gasteiger partial charge in [-0.15, -0.1) is 12.4 Å². The number of amides is 2. The van der Waals surface area contributed by atoms with Gasteiger partial charge in [0, 0.05) is 30.9 Å². The van der Waals surface area contributed by atoms with Crippen LogP contribution in [-0.4, -0.2) is 43.3 Å². The smallest absolute Gasteiger partial charge is 0.328 e. The van der Waals surface area contributed by atoms with E-state index in [0.717, 1.165) is 55.8 Å². The van der Waals surface area contributed by atoms with E-state index >= 15 is 0 Å². The fraction of sp³-hybridized carbons (Fsp3) is 0.391. The molecule has 2 N–H and O–H groups in total. The number of carbonyl (C=O) groups is 2. The van der Waals surface area contributed by atoms with Gasteiger partial charge in [-0.2, -0.15) is 0 Å². The zero-order chi connectivity index (χ0) is 20.2. The van der Waals surface area contributed by atoms with Crippen LogP contribution < -0.4 is 15.1 Å². The molecule has 2 aromatic rings. The number of urea groups is 1. The van der Waals surface area contributed by atoms with Crippen molar-refractivity contribution in [1.82, 2.24) is 5.32 Å². The van der Waals surface area contributed by atoms with Gasteiger partial charge in [0.25, 0.3) is 0 Å². The minimum Gasteiger partial charge on any atom is -0.481 e. The fourth-order valence-corrected chi connectivity index (χ4v) is 4.12. The summed E-state index contributed by atoms with van der Waals surface area (Å²) in [6, 6.07) is 14.1. The number of aliphatic carboxylic acids is 1. The second-order valence-corrected chi connectivity index (χ2v) is 7.70. The number of benzene rings is 2. The van der Waals surface area contributed by atoms with E-state index in [1.807, 2.05) is 34.1 Å². The summed E-state index contributed by atoms with van der Waals surface area (Å²) in [6.45, 7) is 3.40. The van der Waals surface area contributed by atoms with Crippen molar-refractivity contribution >= 4 is 35.8 Å². The predicted molar refractivity (Wildman–Crippen MR) is 121 cm³/mol. The van der Waals surface area contributed by atoms with E-state index in [-0.39, 0.29) is 24.9 Å². The van der Waals surface area contributed by atoms with E-state index in [9.17, 15) is 9.59 Å². The summed E-state index contributed by atoms with van der Waals surface area (Å²) < 4.78 is 0. The topological polar surface area (TPSA) is 72.9 Å². The molecule has 1 saturated heterocycles. The number of carbonyl (C=O) groups excluding carboxylic acids is 1. The van der Waals surface area contributed by atoms with E-state index in [1.165, 1.54) is 11.1 Å². The van der Waals surface area contributed by atoms with Gasteiger partial charge in [0.15, 0.2) is 0 Å². The summed E-state index contributed by atoms with van der Waals surface area (Å²) in [7, 11) is 0. The van der Waals surface area contributed by atoms with E-state index in [2.05, 4.69) is 23.5 Å². The van der Waals surface area contributed by atoms with Gasteiger partial charge in [0.2, 0.25) is 0 Å². The van der Waals surface area contributed by atoms with Crippen LogP contribution in [0.4, 0.5) is 16.2 Å². The maximum atomic E-state index is 13.2. The van der Waals surface area contributed by atoms with Crippen LogP contribution in [0.5, 0.6) is 0 Å². The SMILES string of the molecule is Cl.O=C(O)CCc1ccc(N2CCCN(c3ccc4c(c3)CCNCC4)C2=O)cc1. The first-order chi connectivity index (χ1) is 14.1. The molecule has 2 heterocycles. The molecule has 1 fully saturated rings. The maximum Gasteiger partial charge on any atom is 0.328 e. The van der Waals surface area contributed by atoms with Crippen molar-refractivity contribution < 1.29 is 14.7 Å². The molecule has 2 aliphatic heterocycles. The Kier molecular flexibility index (Phi) is 7.34. The summed E-state index contributed by atoms with van der Waals surface area (Å²) in [5, 5.41) is 12.3. The Morgan fingerprint density at radius 2 is 1.57 bits per heavy atom. The summed E-state index contributed by atoms with van der Waals surface area (Å²) >= 11 is 0. The molecule has 0 atom stereocenters. The number of carboxylic acid groups (broad SMARTS) is 1. The number of nitrogens with one attached hydrogen (secondary N) is 1. The molecule has 30 heavy (non-hydrogen) atoms. The summed E-state index contributed by atoms with van der Waals surface area (Å²) in [5.41, 5.74) is 5.50. The Labute approximate surface area is 183 Å². The Morgan fingerprint density at radius 1 is 0.933 bits per heavy atom. The van der Waals surface area contributed by atoms with Crippen molar-refractivity contribution in [2.45, 2.75) is 32.1 Å². The Hall–Kier alpha value is -2.57. The number of halogens is 1. The third-order valence-electron chi connectivity index (χ3n) is 5.74. The molecule has 7 heteroatoms. The standard InChI is InChI=1S/C23H27N3O3.ClH/c27-22(28)9-4-17-2-6-20(7-3-17)25-14-1-15-26(23(25)29)21-8-5-18-10-12-24-13-11-19(18)16-21;/h2-3,5-8,16,24H,1,4,9-15H2,(H,27,28);1H. The molecular formula is C23H28ClN3O3. The van der Waals surface area contributed by atoms with E-state index < -0.39 is 5.97 Å². The van der Waals surface area contributed by atoms with Gasteiger partial charge < -0.3 is 10.4 Å². The quantitative estimate of drug-likeness (QED) is 0.760. The molecule has 0 spiro atoms. The number of hydrogen-bond acceptors (Lipinski definition) is 3. The average Bonchev–Trinajstić information content (AvgIpc) is 2.98. The third-order valence-corrected chi connectivity index (χ3v) is 5.74. The van der Waals surface area contributed by atoms with Crippen LogP contribution in [0.25, 0.3) is 0 Å². The molecule has 0 unspecified atom stereocenters. The lowest BCUT2D eigenvalue weighted by Crippen LogP contribution is -2.49. The second kappa shape index (κ2) is 9.96. The van der Waals surface area contributed by atoms with Crippen molar-refractivity contribution in [2.24, 2.45) is 0 Å². The first-order valence-electron chi connectivity index (χ1n) is 10.3. The lowest BCUT2D eigenvalue weighted by molar-refractivity contribution is -0.136. The maximum absolute atomic E-state index is 13.2. The van der Waals surface area contributed by atoms with E-state index in [0.29, 0.717) is 13.0 Å². The predicted octanol–water partition coefficient (Wildman–Crippen LogP) is 3.65. The van der Waals surface area contributed by atoms with Gasteiger partial charge in [-0.05, 0) is 79.7 Å². The first kappa shape index (κ1) is 22.1. The number of rotatable bonds is 5. The van der Waals surface area contributed by atoms with Crippen molar-refractivity contribution in [2.75, 3.05) is 36.0 Å². The molecule has 160 valence electrons.